The lowest BCUT2D eigenvalue weighted by molar-refractivity contribution is -0.144. The summed E-state index contributed by atoms with van der Waals surface area (Å²) in [6, 6.07) is 3.95. The fourth-order valence-corrected chi connectivity index (χ4v) is 2.18. The van der Waals surface area contributed by atoms with E-state index in [9.17, 15) is 14.0 Å². The standard InChI is InChI=1S/C13H15FN2O3/c1-19-13(18)8-4-5-16(7-8)12(17)10-3-2-9(15)6-11(10)14/h2-3,6,8H,4-5,7,15H2,1H3. The van der Waals surface area contributed by atoms with Gasteiger partial charge in [0.05, 0.1) is 18.6 Å². The minimum atomic E-state index is -0.647. The van der Waals surface area contributed by atoms with Crippen molar-refractivity contribution >= 4 is 17.6 Å². The third-order valence-corrected chi connectivity index (χ3v) is 3.23. The first-order valence-electron chi connectivity index (χ1n) is 5.95. The zero-order valence-corrected chi connectivity index (χ0v) is 10.6. The molecule has 2 rings (SSSR count). The zero-order chi connectivity index (χ0) is 14.0. The summed E-state index contributed by atoms with van der Waals surface area (Å²) >= 11 is 0. The zero-order valence-electron chi connectivity index (χ0n) is 10.6. The number of carbonyl (C=O) groups excluding carboxylic acids is 2. The fraction of sp³-hybridized carbons (Fsp3) is 0.385. The van der Waals surface area contributed by atoms with Gasteiger partial charge < -0.3 is 15.4 Å². The normalized spacial score (nSPS) is 18.4. The first-order valence-corrected chi connectivity index (χ1v) is 5.95. The van der Waals surface area contributed by atoms with Crippen LogP contribution in [-0.4, -0.2) is 37.0 Å². The number of benzene rings is 1. The summed E-state index contributed by atoms with van der Waals surface area (Å²) in [6.07, 6.45) is 0.537. The van der Waals surface area contributed by atoms with E-state index in [1.807, 2.05) is 0 Å². The van der Waals surface area contributed by atoms with E-state index in [0.29, 0.717) is 13.0 Å². The maximum atomic E-state index is 13.7. The van der Waals surface area contributed by atoms with E-state index in [1.54, 1.807) is 0 Å². The average molecular weight is 266 g/mol. The Bertz CT molecular complexity index is 519. The summed E-state index contributed by atoms with van der Waals surface area (Å²) in [5, 5.41) is 0. The van der Waals surface area contributed by atoms with Crippen LogP contribution in [-0.2, 0) is 9.53 Å². The molecule has 1 saturated heterocycles. The lowest BCUT2D eigenvalue weighted by Gasteiger charge is -2.16. The van der Waals surface area contributed by atoms with Crippen molar-refractivity contribution in [1.29, 1.82) is 0 Å². The molecule has 1 aromatic rings. The smallest absolute Gasteiger partial charge is 0.310 e. The minimum Gasteiger partial charge on any atom is -0.469 e. The Morgan fingerprint density at radius 1 is 1.47 bits per heavy atom. The Morgan fingerprint density at radius 3 is 2.84 bits per heavy atom. The first-order chi connectivity index (χ1) is 9.02. The maximum absolute atomic E-state index is 13.7. The Kier molecular flexibility index (Phi) is 3.69. The molecule has 1 heterocycles. The molecular formula is C13H15FN2O3. The fourth-order valence-electron chi connectivity index (χ4n) is 2.18. The van der Waals surface area contributed by atoms with Gasteiger partial charge in [0.2, 0.25) is 0 Å². The van der Waals surface area contributed by atoms with Gasteiger partial charge in [0, 0.05) is 18.8 Å². The van der Waals surface area contributed by atoms with Gasteiger partial charge in [0.25, 0.3) is 5.91 Å². The SMILES string of the molecule is COC(=O)C1CCN(C(=O)c2ccc(N)cc2F)C1. The number of hydrogen-bond donors (Lipinski definition) is 1. The average Bonchev–Trinajstić information content (AvgIpc) is 2.86. The molecule has 1 unspecified atom stereocenters. The second-order valence-corrected chi connectivity index (χ2v) is 4.50. The monoisotopic (exact) mass is 266 g/mol. The van der Waals surface area contributed by atoms with Crippen LogP contribution in [0.1, 0.15) is 16.8 Å². The van der Waals surface area contributed by atoms with Crippen molar-refractivity contribution in [3.8, 4) is 0 Å². The highest BCUT2D eigenvalue weighted by atomic mass is 19.1. The second-order valence-electron chi connectivity index (χ2n) is 4.50. The van der Waals surface area contributed by atoms with Crippen molar-refractivity contribution in [3.05, 3.63) is 29.6 Å². The van der Waals surface area contributed by atoms with Crippen LogP contribution in [0.4, 0.5) is 10.1 Å². The van der Waals surface area contributed by atoms with E-state index in [-0.39, 0.29) is 29.7 Å². The lowest BCUT2D eigenvalue weighted by Crippen LogP contribution is -2.30. The number of anilines is 1. The van der Waals surface area contributed by atoms with E-state index in [2.05, 4.69) is 4.74 Å². The van der Waals surface area contributed by atoms with Crippen molar-refractivity contribution in [3.63, 3.8) is 0 Å². The number of hydrogen-bond acceptors (Lipinski definition) is 4. The topological polar surface area (TPSA) is 72.6 Å². The number of amides is 1. The third kappa shape index (κ3) is 2.67. The molecule has 0 radical (unpaired) electrons. The van der Waals surface area contributed by atoms with Crippen LogP contribution < -0.4 is 5.73 Å². The van der Waals surface area contributed by atoms with Gasteiger partial charge in [-0.1, -0.05) is 0 Å². The van der Waals surface area contributed by atoms with Crippen LogP contribution in [0, 0.1) is 11.7 Å². The van der Waals surface area contributed by atoms with Gasteiger partial charge >= 0.3 is 5.97 Å². The van der Waals surface area contributed by atoms with Crippen LogP contribution in [0.15, 0.2) is 18.2 Å². The number of nitrogens with two attached hydrogens (primary N) is 1. The van der Waals surface area contributed by atoms with Crippen molar-refractivity contribution in [2.24, 2.45) is 5.92 Å². The molecule has 0 aromatic heterocycles. The van der Waals surface area contributed by atoms with Gasteiger partial charge in [-0.2, -0.15) is 0 Å². The molecular weight excluding hydrogens is 251 g/mol. The van der Waals surface area contributed by atoms with Crippen molar-refractivity contribution in [1.82, 2.24) is 4.90 Å². The molecule has 0 spiro atoms. The molecule has 5 nitrogen and oxygen atoms in total. The molecule has 0 aliphatic carbocycles. The number of halogens is 1. The molecule has 0 bridgehead atoms. The molecule has 2 N–H and O–H groups in total. The van der Waals surface area contributed by atoms with Gasteiger partial charge in [0.1, 0.15) is 5.82 Å². The van der Waals surface area contributed by atoms with Crippen LogP contribution in [0.3, 0.4) is 0 Å². The number of rotatable bonds is 2. The molecule has 1 amide bonds. The van der Waals surface area contributed by atoms with Crippen LogP contribution in [0.5, 0.6) is 0 Å². The number of nitrogen functional groups attached to an aromatic ring is 1. The predicted molar refractivity (Wildman–Crippen MR) is 66.8 cm³/mol. The largest absolute Gasteiger partial charge is 0.469 e. The molecule has 102 valence electrons. The Balaban J connectivity index is 2.11. The lowest BCUT2D eigenvalue weighted by atomic mass is 10.1. The number of methoxy groups -OCH3 is 1. The number of nitrogens with zero attached hydrogens (tertiary/aromatic N) is 1. The van der Waals surface area contributed by atoms with E-state index < -0.39 is 11.7 Å². The molecule has 1 aliphatic heterocycles. The molecule has 1 atom stereocenters. The number of esters is 1. The quantitative estimate of drug-likeness (QED) is 0.641. The molecule has 19 heavy (non-hydrogen) atoms. The van der Waals surface area contributed by atoms with Crippen molar-refractivity contribution in [2.75, 3.05) is 25.9 Å². The van der Waals surface area contributed by atoms with Gasteiger partial charge in [-0.05, 0) is 24.6 Å². The minimum absolute atomic E-state index is 0.0280. The highest BCUT2D eigenvalue weighted by molar-refractivity contribution is 5.95. The summed E-state index contributed by atoms with van der Waals surface area (Å²) < 4.78 is 18.3. The van der Waals surface area contributed by atoms with Crippen LogP contribution >= 0.6 is 0 Å². The number of ether oxygens (including phenoxy) is 1. The number of carbonyl (C=O) groups is 2. The third-order valence-electron chi connectivity index (χ3n) is 3.23. The predicted octanol–water partition coefficient (Wildman–Crippen LogP) is 1.04. The van der Waals surface area contributed by atoms with Crippen molar-refractivity contribution in [2.45, 2.75) is 6.42 Å². The summed E-state index contributed by atoms with van der Waals surface area (Å²) in [6.45, 7) is 0.678. The first kappa shape index (κ1) is 13.3. The molecule has 1 aliphatic rings. The summed E-state index contributed by atoms with van der Waals surface area (Å²) in [5.41, 5.74) is 5.67. The molecule has 6 heteroatoms. The van der Waals surface area contributed by atoms with E-state index in [1.165, 1.54) is 24.1 Å². The number of likely N-dealkylation sites (tertiary alicyclic amines) is 1. The summed E-state index contributed by atoms with van der Waals surface area (Å²) in [4.78, 5) is 25.0. The highest BCUT2D eigenvalue weighted by Crippen LogP contribution is 2.21. The van der Waals surface area contributed by atoms with Gasteiger partial charge in [-0.3, -0.25) is 9.59 Å². The van der Waals surface area contributed by atoms with Crippen LogP contribution in [0.2, 0.25) is 0 Å². The maximum Gasteiger partial charge on any atom is 0.310 e. The van der Waals surface area contributed by atoms with Crippen molar-refractivity contribution < 1.29 is 18.7 Å². The second kappa shape index (κ2) is 5.26. The summed E-state index contributed by atoms with van der Waals surface area (Å²) in [5.74, 6) is -1.74. The van der Waals surface area contributed by atoms with Crippen LogP contribution in [0.25, 0.3) is 0 Å². The Morgan fingerprint density at radius 2 is 2.21 bits per heavy atom. The molecule has 1 fully saturated rings. The van der Waals surface area contributed by atoms with Gasteiger partial charge in [-0.25, -0.2) is 4.39 Å². The summed E-state index contributed by atoms with van der Waals surface area (Å²) in [7, 11) is 1.31. The highest BCUT2D eigenvalue weighted by Gasteiger charge is 2.32. The molecule has 0 saturated carbocycles. The van der Waals surface area contributed by atoms with Gasteiger partial charge in [0.15, 0.2) is 0 Å². The Hall–Kier alpha value is -2.11. The van der Waals surface area contributed by atoms with E-state index in [0.717, 1.165) is 6.07 Å². The van der Waals surface area contributed by atoms with E-state index >= 15 is 0 Å². The Labute approximate surface area is 110 Å². The molecule has 1 aromatic carbocycles. The van der Waals surface area contributed by atoms with Gasteiger partial charge in [-0.15, -0.1) is 0 Å². The van der Waals surface area contributed by atoms with E-state index in [4.69, 9.17) is 5.73 Å².